The average Bonchev–Trinajstić information content (AvgIpc) is 3.31. The van der Waals surface area contributed by atoms with Gasteiger partial charge >= 0.3 is 0 Å². The van der Waals surface area contributed by atoms with Crippen LogP contribution in [0.15, 0.2) is 37.1 Å². The van der Waals surface area contributed by atoms with Crippen molar-refractivity contribution in [1.29, 1.82) is 0 Å². The molecule has 2 heterocycles. The van der Waals surface area contributed by atoms with Crippen LogP contribution in [-0.2, 0) is 11.3 Å². The molecule has 1 N–H and O–H groups in total. The fourth-order valence-electron chi connectivity index (χ4n) is 3.51. The summed E-state index contributed by atoms with van der Waals surface area (Å²) >= 11 is 0. The number of aromatic nitrogens is 3. The standard InChI is InChI=1S/C19H26N4O/c1-2-17(11-15-5-3-4-6-15)19(24)22-13-16-7-8-18(21-12-16)23-10-9-20-14-23/h7-10,12,14-15,17H,2-6,11,13H2,1H3,(H,22,24). The number of rotatable bonds is 7. The number of carbonyl (C=O) groups excluding carboxylic acids is 1. The van der Waals surface area contributed by atoms with Gasteiger partial charge in [0.15, 0.2) is 0 Å². The maximum absolute atomic E-state index is 12.4. The number of hydrogen-bond donors (Lipinski definition) is 1. The Morgan fingerprint density at radius 1 is 1.38 bits per heavy atom. The van der Waals surface area contributed by atoms with E-state index in [1.807, 2.05) is 29.1 Å². The van der Waals surface area contributed by atoms with Gasteiger partial charge in [-0.25, -0.2) is 9.97 Å². The topological polar surface area (TPSA) is 59.8 Å². The molecule has 0 spiro atoms. The SMILES string of the molecule is CCC(CC1CCCC1)C(=O)NCc1ccc(-n2ccnc2)nc1. The van der Waals surface area contributed by atoms with Gasteiger partial charge in [-0.2, -0.15) is 0 Å². The third-order valence-electron chi connectivity index (χ3n) is 5.00. The van der Waals surface area contributed by atoms with Gasteiger partial charge in [0, 0.05) is 31.1 Å². The van der Waals surface area contributed by atoms with Gasteiger partial charge in [0.2, 0.25) is 5.91 Å². The van der Waals surface area contributed by atoms with Crippen LogP contribution in [-0.4, -0.2) is 20.4 Å². The molecular formula is C19H26N4O. The highest BCUT2D eigenvalue weighted by Crippen LogP contribution is 2.31. The summed E-state index contributed by atoms with van der Waals surface area (Å²) in [6.07, 6.45) is 14.3. The van der Waals surface area contributed by atoms with E-state index in [1.165, 1.54) is 25.7 Å². The van der Waals surface area contributed by atoms with Gasteiger partial charge in [0.25, 0.3) is 0 Å². The summed E-state index contributed by atoms with van der Waals surface area (Å²) in [5.41, 5.74) is 1.02. The Hall–Kier alpha value is -2.17. The third-order valence-corrected chi connectivity index (χ3v) is 5.00. The third kappa shape index (κ3) is 4.22. The quantitative estimate of drug-likeness (QED) is 0.847. The van der Waals surface area contributed by atoms with Crippen molar-refractivity contribution in [3.05, 3.63) is 42.6 Å². The molecule has 1 amide bonds. The second-order valence-corrected chi connectivity index (χ2v) is 6.70. The first-order valence-corrected chi connectivity index (χ1v) is 8.97. The molecule has 1 saturated carbocycles. The first-order valence-electron chi connectivity index (χ1n) is 8.97. The maximum Gasteiger partial charge on any atom is 0.223 e. The molecule has 24 heavy (non-hydrogen) atoms. The highest BCUT2D eigenvalue weighted by atomic mass is 16.1. The fraction of sp³-hybridized carbons (Fsp3) is 0.526. The van der Waals surface area contributed by atoms with Crippen molar-refractivity contribution in [3.8, 4) is 5.82 Å². The lowest BCUT2D eigenvalue weighted by atomic mass is 9.91. The smallest absolute Gasteiger partial charge is 0.223 e. The average molecular weight is 326 g/mol. The van der Waals surface area contributed by atoms with E-state index in [2.05, 4.69) is 22.2 Å². The molecule has 128 valence electrons. The van der Waals surface area contributed by atoms with Crippen LogP contribution in [0.3, 0.4) is 0 Å². The number of amides is 1. The van der Waals surface area contributed by atoms with E-state index in [0.29, 0.717) is 6.54 Å². The molecule has 1 fully saturated rings. The van der Waals surface area contributed by atoms with E-state index in [-0.39, 0.29) is 11.8 Å². The van der Waals surface area contributed by atoms with Crippen molar-refractivity contribution in [2.24, 2.45) is 11.8 Å². The lowest BCUT2D eigenvalue weighted by Gasteiger charge is -2.18. The van der Waals surface area contributed by atoms with Gasteiger partial charge < -0.3 is 5.32 Å². The lowest BCUT2D eigenvalue weighted by molar-refractivity contribution is -0.125. The molecule has 5 nitrogen and oxygen atoms in total. The van der Waals surface area contributed by atoms with Crippen molar-refractivity contribution in [1.82, 2.24) is 19.9 Å². The van der Waals surface area contributed by atoms with Crippen molar-refractivity contribution in [3.63, 3.8) is 0 Å². The Kier molecular flexibility index (Phi) is 5.62. The van der Waals surface area contributed by atoms with Crippen LogP contribution in [0.5, 0.6) is 0 Å². The van der Waals surface area contributed by atoms with Crippen molar-refractivity contribution in [2.75, 3.05) is 0 Å². The maximum atomic E-state index is 12.4. The summed E-state index contributed by atoms with van der Waals surface area (Å²) in [6, 6.07) is 3.94. The van der Waals surface area contributed by atoms with E-state index < -0.39 is 0 Å². The van der Waals surface area contributed by atoms with Gasteiger partial charge in [-0.05, 0) is 30.4 Å². The molecule has 1 aliphatic carbocycles. The number of imidazole rings is 1. The zero-order valence-electron chi connectivity index (χ0n) is 14.3. The second-order valence-electron chi connectivity index (χ2n) is 6.70. The molecule has 0 radical (unpaired) electrons. The Bertz CT molecular complexity index is 630. The number of hydrogen-bond acceptors (Lipinski definition) is 3. The van der Waals surface area contributed by atoms with E-state index in [9.17, 15) is 4.79 Å². The van der Waals surface area contributed by atoms with Crippen LogP contribution >= 0.6 is 0 Å². The Labute approximate surface area is 143 Å². The Morgan fingerprint density at radius 3 is 2.83 bits per heavy atom. The molecule has 2 aromatic rings. The van der Waals surface area contributed by atoms with Gasteiger partial charge in [-0.1, -0.05) is 38.7 Å². The van der Waals surface area contributed by atoms with Crippen molar-refractivity contribution < 1.29 is 4.79 Å². The van der Waals surface area contributed by atoms with Gasteiger partial charge in [0.05, 0.1) is 0 Å². The van der Waals surface area contributed by atoms with E-state index in [0.717, 1.165) is 30.1 Å². The molecule has 0 saturated heterocycles. The molecule has 3 rings (SSSR count). The van der Waals surface area contributed by atoms with Gasteiger partial charge in [-0.3, -0.25) is 9.36 Å². The van der Waals surface area contributed by atoms with Crippen molar-refractivity contribution >= 4 is 5.91 Å². The zero-order valence-corrected chi connectivity index (χ0v) is 14.3. The number of nitrogens with zero attached hydrogens (tertiary/aromatic N) is 3. The summed E-state index contributed by atoms with van der Waals surface area (Å²) in [6.45, 7) is 2.65. The van der Waals surface area contributed by atoms with Crippen LogP contribution in [0.1, 0.15) is 51.0 Å². The van der Waals surface area contributed by atoms with Crippen molar-refractivity contribution in [2.45, 2.75) is 52.0 Å². The van der Waals surface area contributed by atoms with Gasteiger partial charge in [0.1, 0.15) is 12.1 Å². The van der Waals surface area contributed by atoms with Crippen LogP contribution in [0.2, 0.25) is 0 Å². The van der Waals surface area contributed by atoms with Crippen LogP contribution < -0.4 is 5.32 Å². The van der Waals surface area contributed by atoms with Crippen LogP contribution in [0.25, 0.3) is 5.82 Å². The summed E-state index contributed by atoms with van der Waals surface area (Å²) in [7, 11) is 0. The Morgan fingerprint density at radius 2 is 2.21 bits per heavy atom. The fourth-order valence-corrected chi connectivity index (χ4v) is 3.51. The molecule has 2 aromatic heterocycles. The lowest BCUT2D eigenvalue weighted by Crippen LogP contribution is -2.31. The second kappa shape index (κ2) is 8.08. The first-order chi connectivity index (χ1) is 11.8. The van der Waals surface area contributed by atoms with Crippen LogP contribution in [0.4, 0.5) is 0 Å². The molecule has 0 aliphatic heterocycles. The molecule has 1 aliphatic rings. The summed E-state index contributed by atoms with van der Waals surface area (Å²) in [4.78, 5) is 20.9. The molecule has 1 unspecified atom stereocenters. The number of nitrogens with one attached hydrogen (secondary N) is 1. The first kappa shape index (κ1) is 16.7. The summed E-state index contributed by atoms with van der Waals surface area (Å²) in [5, 5.41) is 3.08. The molecular weight excluding hydrogens is 300 g/mol. The molecule has 0 bridgehead atoms. The Balaban J connectivity index is 1.51. The van der Waals surface area contributed by atoms with E-state index >= 15 is 0 Å². The molecule has 0 aromatic carbocycles. The summed E-state index contributed by atoms with van der Waals surface area (Å²) < 4.78 is 1.86. The highest BCUT2D eigenvalue weighted by Gasteiger charge is 2.23. The molecule has 5 heteroatoms. The van der Waals surface area contributed by atoms with E-state index in [1.54, 1.807) is 12.5 Å². The minimum Gasteiger partial charge on any atom is -0.352 e. The predicted octanol–water partition coefficient (Wildman–Crippen LogP) is 3.49. The number of carbonyl (C=O) groups is 1. The predicted molar refractivity (Wildman–Crippen MR) is 93.6 cm³/mol. The van der Waals surface area contributed by atoms with E-state index in [4.69, 9.17) is 0 Å². The molecule has 1 atom stereocenters. The largest absolute Gasteiger partial charge is 0.352 e. The van der Waals surface area contributed by atoms with Crippen LogP contribution in [0, 0.1) is 11.8 Å². The monoisotopic (exact) mass is 326 g/mol. The summed E-state index contributed by atoms with van der Waals surface area (Å²) in [5.74, 6) is 1.90. The minimum atomic E-state index is 0.145. The van der Waals surface area contributed by atoms with Gasteiger partial charge in [-0.15, -0.1) is 0 Å². The normalized spacial score (nSPS) is 16.2. The number of pyridine rings is 1. The highest BCUT2D eigenvalue weighted by molar-refractivity contribution is 5.78. The minimum absolute atomic E-state index is 0.145. The zero-order chi connectivity index (χ0) is 16.8.